The number of hydrogen-bond acceptors (Lipinski definition) is 2. The van der Waals surface area contributed by atoms with Gasteiger partial charge in [-0.25, -0.2) is 13.2 Å². The highest BCUT2D eigenvalue weighted by Crippen LogP contribution is 2.15. The molecule has 0 fully saturated rings. The average Bonchev–Trinajstić information content (AvgIpc) is 2.32. The number of hydrogen-bond donors (Lipinski definition) is 2. The lowest BCUT2D eigenvalue weighted by atomic mass is 10.1. The third-order valence-electron chi connectivity index (χ3n) is 2.33. The normalized spacial score (nSPS) is 12.3. The summed E-state index contributed by atoms with van der Waals surface area (Å²) in [5.41, 5.74) is -0.587. The predicted molar refractivity (Wildman–Crippen MR) is 54.9 cm³/mol. The fourth-order valence-corrected chi connectivity index (χ4v) is 1.24. The van der Waals surface area contributed by atoms with Crippen molar-refractivity contribution >= 4 is 5.91 Å². The van der Waals surface area contributed by atoms with Crippen LogP contribution in [-0.4, -0.2) is 23.7 Å². The number of carbonyl (C=O) groups is 1. The lowest BCUT2D eigenvalue weighted by Crippen LogP contribution is -2.37. The van der Waals surface area contributed by atoms with E-state index in [2.05, 4.69) is 5.32 Å². The number of rotatable bonds is 4. The quantitative estimate of drug-likeness (QED) is 0.794. The van der Waals surface area contributed by atoms with Crippen LogP contribution < -0.4 is 5.32 Å². The Hall–Kier alpha value is -1.56. The highest BCUT2D eigenvalue weighted by atomic mass is 19.2. The molecule has 6 heteroatoms. The molecular weight excluding hydrogens is 235 g/mol. The molecule has 1 amide bonds. The molecule has 0 aliphatic carbocycles. The Morgan fingerprint density at radius 1 is 1.35 bits per heavy atom. The standard InChI is InChI=1S/C11H12F3NO2/c1-2-6(5-16)15-11(17)7-3-4-8(12)10(14)9(7)13/h3-4,6,16H,2,5H2,1H3,(H,15,17). The number of halogens is 3. The van der Waals surface area contributed by atoms with Crippen LogP contribution in [0.1, 0.15) is 23.7 Å². The van der Waals surface area contributed by atoms with E-state index >= 15 is 0 Å². The van der Waals surface area contributed by atoms with E-state index in [0.29, 0.717) is 12.5 Å². The van der Waals surface area contributed by atoms with Gasteiger partial charge in [0.2, 0.25) is 0 Å². The molecule has 0 spiro atoms. The minimum Gasteiger partial charge on any atom is -0.394 e. The predicted octanol–water partition coefficient (Wildman–Crippen LogP) is 1.60. The van der Waals surface area contributed by atoms with Crippen molar-refractivity contribution in [3.8, 4) is 0 Å². The molecule has 3 nitrogen and oxygen atoms in total. The van der Waals surface area contributed by atoms with Crippen LogP contribution in [-0.2, 0) is 0 Å². The molecule has 0 aliphatic rings. The highest BCUT2D eigenvalue weighted by molar-refractivity contribution is 5.94. The smallest absolute Gasteiger partial charge is 0.254 e. The topological polar surface area (TPSA) is 49.3 Å². The number of aliphatic hydroxyl groups is 1. The third-order valence-corrected chi connectivity index (χ3v) is 2.33. The average molecular weight is 247 g/mol. The third kappa shape index (κ3) is 2.97. The van der Waals surface area contributed by atoms with Crippen LogP contribution in [0.25, 0.3) is 0 Å². The summed E-state index contributed by atoms with van der Waals surface area (Å²) in [5, 5.41) is 11.1. The number of aliphatic hydroxyl groups excluding tert-OH is 1. The second-order valence-electron chi connectivity index (χ2n) is 3.48. The first kappa shape index (κ1) is 13.5. The maximum Gasteiger partial charge on any atom is 0.254 e. The van der Waals surface area contributed by atoms with E-state index in [9.17, 15) is 18.0 Å². The van der Waals surface area contributed by atoms with Gasteiger partial charge in [0.05, 0.1) is 18.2 Å². The zero-order valence-corrected chi connectivity index (χ0v) is 9.14. The zero-order chi connectivity index (χ0) is 13.0. The number of carbonyl (C=O) groups excluding carboxylic acids is 1. The van der Waals surface area contributed by atoms with Crippen molar-refractivity contribution in [2.45, 2.75) is 19.4 Å². The summed E-state index contributed by atoms with van der Waals surface area (Å²) >= 11 is 0. The van der Waals surface area contributed by atoms with Crippen molar-refractivity contribution < 1.29 is 23.1 Å². The Bertz CT molecular complexity index is 419. The van der Waals surface area contributed by atoms with Gasteiger partial charge in [-0.15, -0.1) is 0 Å². The number of nitrogens with one attached hydrogen (secondary N) is 1. The summed E-state index contributed by atoms with van der Waals surface area (Å²) in [7, 11) is 0. The van der Waals surface area contributed by atoms with Crippen LogP contribution in [0.2, 0.25) is 0 Å². The van der Waals surface area contributed by atoms with E-state index in [1.165, 1.54) is 0 Å². The molecule has 2 N–H and O–H groups in total. The lowest BCUT2D eigenvalue weighted by Gasteiger charge is -2.14. The summed E-state index contributed by atoms with van der Waals surface area (Å²) in [6.07, 6.45) is 0.438. The fraction of sp³-hybridized carbons (Fsp3) is 0.364. The molecule has 1 aromatic carbocycles. The van der Waals surface area contributed by atoms with Crippen LogP contribution >= 0.6 is 0 Å². The van der Waals surface area contributed by atoms with E-state index in [1.54, 1.807) is 6.92 Å². The van der Waals surface area contributed by atoms with Gasteiger partial charge in [0.15, 0.2) is 17.5 Å². The minimum absolute atomic E-state index is 0.312. The molecule has 1 aromatic rings. The van der Waals surface area contributed by atoms with Crippen molar-refractivity contribution in [3.05, 3.63) is 35.1 Å². The molecule has 0 radical (unpaired) electrons. The SMILES string of the molecule is CCC(CO)NC(=O)c1ccc(F)c(F)c1F. The Morgan fingerprint density at radius 2 is 2.00 bits per heavy atom. The van der Waals surface area contributed by atoms with Gasteiger partial charge in [0.25, 0.3) is 5.91 Å². The minimum atomic E-state index is -1.69. The molecule has 1 rings (SSSR count). The summed E-state index contributed by atoms with van der Waals surface area (Å²) < 4.78 is 38.7. The van der Waals surface area contributed by atoms with Crippen molar-refractivity contribution in [1.82, 2.24) is 5.32 Å². The second-order valence-corrected chi connectivity index (χ2v) is 3.48. The van der Waals surface area contributed by atoms with Crippen molar-refractivity contribution in [1.29, 1.82) is 0 Å². The summed E-state index contributed by atoms with van der Waals surface area (Å²) in [5.74, 6) is -5.46. The van der Waals surface area contributed by atoms with Gasteiger partial charge < -0.3 is 10.4 Å². The number of amides is 1. The lowest BCUT2D eigenvalue weighted by molar-refractivity contribution is 0.0909. The molecule has 0 heterocycles. The first-order chi connectivity index (χ1) is 8.01. The molecule has 0 saturated heterocycles. The van der Waals surface area contributed by atoms with Gasteiger partial charge in [0, 0.05) is 0 Å². The number of benzene rings is 1. The van der Waals surface area contributed by atoms with E-state index in [0.717, 1.165) is 6.07 Å². The van der Waals surface area contributed by atoms with Gasteiger partial charge in [-0.3, -0.25) is 4.79 Å². The van der Waals surface area contributed by atoms with Crippen LogP contribution in [0.15, 0.2) is 12.1 Å². The molecule has 1 unspecified atom stereocenters. The Morgan fingerprint density at radius 3 is 2.53 bits per heavy atom. The summed E-state index contributed by atoms with van der Waals surface area (Å²) in [6, 6.07) is 0.982. The maximum atomic E-state index is 13.2. The maximum absolute atomic E-state index is 13.2. The first-order valence-electron chi connectivity index (χ1n) is 5.06. The summed E-state index contributed by atoms with van der Waals surface area (Å²) in [4.78, 5) is 11.5. The molecular formula is C11H12F3NO2. The second kappa shape index (κ2) is 5.67. The van der Waals surface area contributed by atoms with Crippen LogP contribution in [0, 0.1) is 17.5 Å². The molecule has 17 heavy (non-hydrogen) atoms. The molecule has 0 aromatic heterocycles. The van der Waals surface area contributed by atoms with Crippen molar-refractivity contribution in [2.24, 2.45) is 0 Å². The Labute approximate surface area is 96.3 Å². The van der Waals surface area contributed by atoms with E-state index in [4.69, 9.17) is 5.11 Å². The van der Waals surface area contributed by atoms with Crippen LogP contribution in [0.3, 0.4) is 0 Å². The van der Waals surface area contributed by atoms with Gasteiger partial charge in [-0.2, -0.15) is 0 Å². The molecule has 94 valence electrons. The molecule has 0 saturated carbocycles. The Balaban J connectivity index is 2.93. The molecule has 1 atom stereocenters. The van der Waals surface area contributed by atoms with E-state index in [-0.39, 0.29) is 6.61 Å². The van der Waals surface area contributed by atoms with Gasteiger partial charge in [0.1, 0.15) is 0 Å². The van der Waals surface area contributed by atoms with Crippen LogP contribution in [0.4, 0.5) is 13.2 Å². The van der Waals surface area contributed by atoms with E-state index < -0.39 is 35.0 Å². The van der Waals surface area contributed by atoms with Crippen LogP contribution in [0.5, 0.6) is 0 Å². The van der Waals surface area contributed by atoms with Gasteiger partial charge in [-0.05, 0) is 18.6 Å². The Kier molecular flexibility index (Phi) is 4.51. The largest absolute Gasteiger partial charge is 0.394 e. The zero-order valence-electron chi connectivity index (χ0n) is 9.14. The van der Waals surface area contributed by atoms with Crippen molar-refractivity contribution in [3.63, 3.8) is 0 Å². The monoisotopic (exact) mass is 247 g/mol. The van der Waals surface area contributed by atoms with E-state index in [1.807, 2.05) is 0 Å². The highest BCUT2D eigenvalue weighted by Gasteiger charge is 2.20. The first-order valence-corrected chi connectivity index (χ1v) is 5.06. The van der Waals surface area contributed by atoms with Gasteiger partial charge in [-0.1, -0.05) is 6.92 Å². The molecule has 0 aliphatic heterocycles. The fourth-order valence-electron chi connectivity index (χ4n) is 1.24. The summed E-state index contributed by atoms with van der Waals surface area (Å²) in [6.45, 7) is 1.40. The van der Waals surface area contributed by atoms with Crippen molar-refractivity contribution in [2.75, 3.05) is 6.61 Å². The molecule has 0 bridgehead atoms. The van der Waals surface area contributed by atoms with Gasteiger partial charge >= 0.3 is 0 Å².